The molecule has 3 aliphatic carbocycles. The summed E-state index contributed by atoms with van der Waals surface area (Å²) in [5.41, 5.74) is 1.75. The normalized spacial score (nSPS) is 38.4. The average molecular weight is 271 g/mol. The van der Waals surface area contributed by atoms with Crippen molar-refractivity contribution in [1.82, 2.24) is 0 Å². The first-order chi connectivity index (χ1) is 9.33. The minimum Gasteiger partial charge on any atom is -0.384 e. The van der Waals surface area contributed by atoms with Crippen LogP contribution in [-0.4, -0.2) is 16.4 Å². The Labute approximate surface area is 121 Å². The van der Waals surface area contributed by atoms with Crippen LogP contribution in [0.3, 0.4) is 0 Å². The standard InChI is InChI=1S/C18H25NO/c1-12(13-8-6-5-7-9-13)19-16-11-14-10-15(17(14,2)3)18(16,4)20/h5-9,12,14-15,20H,10-11H2,1-4H3/t12-,14+,15+,18+/m0/s1. The summed E-state index contributed by atoms with van der Waals surface area (Å²) < 4.78 is 0. The number of nitrogens with zero attached hydrogens (tertiary/aromatic N) is 1. The number of fused-ring (bicyclic) bond motifs is 2. The number of aliphatic hydroxyl groups is 1. The SMILES string of the molecule is C[C@H](N=C1C[C@H]2C[C@H](C2(C)C)[C@@]1(C)O)c1ccccc1. The number of benzene rings is 1. The largest absolute Gasteiger partial charge is 0.384 e. The topological polar surface area (TPSA) is 32.6 Å². The smallest absolute Gasteiger partial charge is 0.103 e. The Bertz CT molecular complexity index is 530. The van der Waals surface area contributed by atoms with E-state index in [0.29, 0.717) is 11.8 Å². The fourth-order valence-corrected chi connectivity index (χ4v) is 4.18. The molecule has 0 aromatic heterocycles. The zero-order valence-corrected chi connectivity index (χ0v) is 12.9. The van der Waals surface area contributed by atoms with Crippen LogP contribution in [0, 0.1) is 17.3 Å². The Morgan fingerprint density at radius 2 is 1.85 bits per heavy atom. The maximum atomic E-state index is 10.9. The predicted octanol–water partition coefficient (Wildman–Crippen LogP) is 4.01. The Hall–Kier alpha value is -1.15. The molecule has 0 aliphatic heterocycles. The minimum atomic E-state index is -0.735. The predicted molar refractivity (Wildman–Crippen MR) is 82.9 cm³/mol. The molecule has 1 aromatic carbocycles. The molecule has 2 nitrogen and oxygen atoms in total. The van der Waals surface area contributed by atoms with Crippen molar-refractivity contribution < 1.29 is 5.11 Å². The Kier molecular flexibility index (Phi) is 3.06. The maximum Gasteiger partial charge on any atom is 0.103 e. The molecule has 0 spiro atoms. The van der Waals surface area contributed by atoms with Crippen LogP contribution in [0.15, 0.2) is 35.3 Å². The van der Waals surface area contributed by atoms with Crippen molar-refractivity contribution in [3.8, 4) is 0 Å². The summed E-state index contributed by atoms with van der Waals surface area (Å²) >= 11 is 0. The Morgan fingerprint density at radius 3 is 2.40 bits per heavy atom. The highest BCUT2D eigenvalue weighted by molar-refractivity contribution is 5.94. The van der Waals surface area contributed by atoms with Crippen molar-refractivity contribution in [2.45, 2.75) is 52.2 Å². The van der Waals surface area contributed by atoms with Crippen molar-refractivity contribution in [1.29, 1.82) is 0 Å². The number of aliphatic imine (C=N–C) groups is 1. The van der Waals surface area contributed by atoms with Crippen molar-refractivity contribution in [3.05, 3.63) is 35.9 Å². The fraction of sp³-hybridized carbons (Fsp3) is 0.611. The van der Waals surface area contributed by atoms with Crippen molar-refractivity contribution in [2.24, 2.45) is 22.2 Å². The molecule has 0 unspecified atom stereocenters. The van der Waals surface area contributed by atoms with Gasteiger partial charge >= 0.3 is 0 Å². The summed E-state index contributed by atoms with van der Waals surface area (Å²) in [4.78, 5) is 4.87. The zero-order valence-electron chi connectivity index (χ0n) is 12.9. The third kappa shape index (κ3) is 1.93. The molecule has 20 heavy (non-hydrogen) atoms. The van der Waals surface area contributed by atoms with E-state index < -0.39 is 5.60 Å². The van der Waals surface area contributed by atoms with Crippen LogP contribution in [0.25, 0.3) is 0 Å². The van der Waals surface area contributed by atoms with Gasteiger partial charge in [0.15, 0.2) is 0 Å². The second-order valence-corrected chi connectivity index (χ2v) is 7.32. The minimum absolute atomic E-state index is 0.123. The van der Waals surface area contributed by atoms with Crippen LogP contribution in [0.5, 0.6) is 0 Å². The van der Waals surface area contributed by atoms with E-state index in [1.807, 2.05) is 25.1 Å². The molecule has 0 radical (unpaired) electrons. The Morgan fingerprint density at radius 1 is 1.20 bits per heavy atom. The summed E-state index contributed by atoms with van der Waals surface area (Å²) in [7, 11) is 0. The molecule has 1 aromatic rings. The molecule has 0 saturated heterocycles. The van der Waals surface area contributed by atoms with Gasteiger partial charge in [-0.15, -0.1) is 0 Å². The van der Waals surface area contributed by atoms with Crippen molar-refractivity contribution in [2.75, 3.05) is 0 Å². The Balaban J connectivity index is 1.87. The average Bonchev–Trinajstić information content (AvgIpc) is 2.40. The second-order valence-electron chi connectivity index (χ2n) is 7.32. The molecular weight excluding hydrogens is 246 g/mol. The molecule has 4 atom stereocenters. The lowest BCUT2D eigenvalue weighted by molar-refractivity contribution is -0.134. The van der Waals surface area contributed by atoms with Crippen LogP contribution < -0.4 is 0 Å². The summed E-state index contributed by atoms with van der Waals surface area (Å²) in [6.07, 6.45) is 2.10. The van der Waals surface area contributed by atoms with Crippen LogP contribution >= 0.6 is 0 Å². The van der Waals surface area contributed by atoms with Gasteiger partial charge in [-0.25, -0.2) is 0 Å². The van der Waals surface area contributed by atoms with Gasteiger partial charge in [-0.05, 0) is 49.5 Å². The molecule has 2 bridgehead atoms. The highest BCUT2D eigenvalue weighted by atomic mass is 16.3. The number of rotatable bonds is 2. The third-order valence-corrected chi connectivity index (χ3v) is 5.80. The lowest BCUT2D eigenvalue weighted by Gasteiger charge is -2.62. The first-order valence-corrected chi connectivity index (χ1v) is 7.68. The molecule has 108 valence electrons. The monoisotopic (exact) mass is 271 g/mol. The van der Waals surface area contributed by atoms with Crippen LogP contribution in [-0.2, 0) is 0 Å². The van der Waals surface area contributed by atoms with Gasteiger partial charge in [0.05, 0.1) is 6.04 Å². The van der Waals surface area contributed by atoms with Crippen LogP contribution in [0.2, 0.25) is 0 Å². The molecule has 0 heterocycles. The van der Waals surface area contributed by atoms with E-state index >= 15 is 0 Å². The molecular formula is C18H25NO. The lowest BCUT2D eigenvalue weighted by Crippen LogP contribution is -2.64. The van der Waals surface area contributed by atoms with E-state index in [1.165, 1.54) is 5.56 Å². The molecule has 1 N–H and O–H groups in total. The molecule has 3 saturated carbocycles. The molecule has 3 aliphatic rings. The zero-order chi connectivity index (χ0) is 14.5. The van der Waals surface area contributed by atoms with Gasteiger partial charge in [0, 0.05) is 5.71 Å². The second kappa shape index (κ2) is 4.42. The summed E-state index contributed by atoms with van der Waals surface area (Å²) in [5, 5.41) is 10.9. The lowest BCUT2D eigenvalue weighted by atomic mass is 9.44. The first-order valence-electron chi connectivity index (χ1n) is 7.68. The van der Waals surface area contributed by atoms with Gasteiger partial charge in [0.1, 0.15) is 5.60 Å². The maximum absolute atomic E-state index is 10.9. The fourth-order valence-electron chi connectivity index (χ4n) is 4.18. The van der Waals surface area contributed by atoms with Crippen LogP contribution in [0.4, 0.5) is 0 Å². The van der Waals surface area contributed by atoms with Gasteiger partial charge in [0.2, 0.25) is 0 Å². The van der Waals surface area contributed by atoms with E-state index in [2.05, 4.69) is 32.9 Å². The van der Waals surface area contributed by atoms with Gasteiger partial charge in [-0.1, -0.05) is 44.2 Å². The highest BCUT2D eigenvalue weighted by Gasteiger charge is 2.61. The molecule has 0 amide bonds. The number of hydrogen-bond acceptors (Lipinski definition) is 2. The van der Waals surface area contributed by atoms with Gasteiger partial charge in [-0.3, -0.25) is 4.99 Å². The van der Waals surface area contributed by atoms with Gasteiger partial charge in [0.25, 0.3) is 0 Å². The van der Waals surface area contributed by atoms with E-state index in [0.717, 1.165) is 18.6 Å². The summed E-state index contributed by atoms with van der Waals surface area (Å²) in [5.74, 6) is 1.05. The van der Waals surface area contributed by atoms with Crippen LogP contribution in [0.1, 0.15) is 52.1 Å². The van der Waals surface area contributed by atoms with E-state index in [9.17, 15) is 5.11 Å². The van der Waals surface area contributed by atoms with Gasteiger partial charge < -0.3 is 5.11 Å². The van der Waals surface area contributed by atoms with Crippen molar-refractivity contribution >= 4 is 5.71 Å². The third-order valence-electron chi connectivity index (χ3n) is 5.80. The van der Waals surface area contributed by atoms with Gasteiger partial charge in [-0.2, -0.15) is 0 Å². The summed E-state index contributed by atoms with van der Waals surface area (Å²) in [6.45, 7) is 8.66. The van der Waals surface area contributed by atoms with Crippen molar-refractivity contribution in [3.63, 3.8) is 0 Å². The molecule has 4 rings (SSSR count). The molecule has 2 heteroatoms. The van der Waals surface area contributed by atoms with E-state index in [1.54, 1.807) is 0 Å². The van der Waals surface area contributed by atoms with E-state index in [4.69, 9.17) is 4.99 Å². The summed E-state index contributed by atoms with van der Waals surface area (Å²) in [6, 6.07) is 10.5. The number of hydrogen-bond donors (Lipinski definition) is 1. The highest BCUT2D eigenvalue weighted by Crippen LogP contribution is 2.61. The quantitative estimate of drug-likeness (QED) is 0.866. The molecule has 3 fully saturated rings. The van der Waals surface area contributed by atoms with E-state index in [-0.39, 0.29) is 11.5 Å². The first kappa shape index (κ1) is 13.8.